The summed E-state index contributed by atoms with van der Waals surface area (Å²) >= 11 is 1.77. The largest absolute Gasteiger partial charge is 0.324 e. The molecule has 0 spiro atoms. The van der Waals surface area contributed by atoms with E-state index in [0.29, 0.717) is 0 Å². The number of hydrogen-bond donors (Lipinski definition) is 1. The smallest absolute Gasteiger partial charge is 0.0348 e. The van der Waals surface area contributed by atoms with Crippen LogP contribution in [0.1, 0.15) is 24.1 Å². The Kier molecular flexibility index (Phi) is 2.89. The van der Waals surface area contributed by atoms with E-state index in [4.69, 9.17) is 5.73 Å². The average Bonchev–Trinajstić information content (AvgIpc) is 2.67. The molecule has 15 heavy (non-hydrogen) atoms. The lowest BCUT2D eigenvalue weighted by molar-refractivity contribution is 0.823. The van der Waals surface area contributed by atoms with Crippen molar-refractivity contribution in [2.75, 3.05) is 0 Å². The minimum atomic E-state index is 0.124. The summed E-state index contributed by atoms with van der Waals surface area (Å²) < 4.78 is 0. The van der Waals surface area contributed by atoms with E-state index >= 15 is 0 Å². The van der Waals surface area contributed by atoms with E-state index in [0.717, 1.165) is 0 Å². The molecule has 0 saturated carbocycles. The van der Waals surface area contributed by atoms with Crippen LogP contribution in [0.4, 0.5) is 0 Å². The second-order valence-corrected chi connectivity index (χ2v) is 4.76. The van der Waals surface area contributed by atoms with Gasteiger partial charge < -0.3 is 5.73 Å². The fourth-order valence-electron chi connectivity index (χ4n) is 1.58. The fraction of sp³-hybridized carbons (Fsp3) is 0.231. The van der Waals surface area contributed by atoms with Gasteiger partial charge in [0.2, 0.25) is 0 Å². The molecular formula is C13H15NS. The summed E-state index contributed by atoms with van der Waals surface area (Å²) in [4.78, 5) is 1.31. The van der Waals surface area contributed by atoms with Crippen molar-refractivity contribution in [3.63, 3.8) is 0 Å². The predicted octanol–water partition coefficient (Wildman–Crippen LogP) is 3.74. The van der Waals surface area contributed by atoms with Crippen LogP contribution in [-0.2, 0) is 0 Å². The maximum Gasteiger partial charge on any atom is 0.0348 e. The SMILES string of the molecule is Cc1ccccc1-c1cc(C(C)N)cs1. The van der Waals surface area contributed by atoms with Gasteiger partial charge in [-0.05, 0) is 42.0 Å². The summed E-state index contributed by atoms with van der Waals surface area (Å²) in [6.07, 6.45) is 0. The number of hydrogen-bond acceptors (Lipinski definition) is 2. The van der Waals surface area contributed by atoms with Gasteiger partial charge in [-0.15, -0.1) is 11.3 Å². The van der Waals surface area contributed by atoms with Gasteiger partial charge >= 0.3 is 0 Å². The Labute approximate surface area is 94.6 Å². The van der Waals surface area contributed by atoms with Crippen molar-refractivity contribution in [2.24, 2.45) is 5.73 Å². The van der Waals surface area contributed by atoms with Crippen LogP contribution in [0.2, 0.25) is 0 Å². The highest BCUT2D eigenvalue weighted by molar-refractivity contribution is 7.13. The van der Waals surface area contributed by atoms with Gasteiger partial charge in [-0.3, -0.25) is 0 Å². The highest BCUT2D eigenvalue weighted by Gasteiger charge is 2.06. The molecule has 0 radical (unpaired) electrons. The molecule has 2 aromatic rings. The molecule has 0 bridgehead atoms. The Bertz CT molecular complexity index is 457. The second kappa shape index (κ2) is 4.17. The third kappa shape index (κ3) is 2.11. The first-order valence-corrected chi connectivity index (χ1v) is 5.96. The molecule has 0 aliphatic rings. The highest BCUT2D eigenvalue weighted by Crippen LogP contribution is 2.31. The zero-order chi connectivity index (χ0) is 10.8. The van der Waals surface area contributed by atoms with Gasteiger partial charge in [0.1, 0.15) is 0 Å². The number of thiophene rings is 1. The molecule has 0 amide bonds. The van der Waals surface area contributed by atoms with E-state index in [2.05, 4.69) is 42.6 Å². The van der Waals surface area contributed by atoms with Gasteiger partial charge in [0, 0.05) is 10.9 Å². The van der Waals surface area contributed by atoms with Crippen molar-refractivity contribution in [3.05, 3.63) is 46.8 Å². The first kappa shape index (κ1) is 10.4. The minimum absolute atomic E-state index is 0.124. The lowest BCUT2D eigenvalue weighted by Crippen LogP contribution is -2.02. The molecule has 1 heterocycles. The van der Waals surface area contributed by atoms with E-state index < -0.39 is 0 Å². The molecule has 0 saturated heterocycles. The summed E-state index contributed by atoms with van der Waals surface area (Å²) in [7, 11) is 0. The van der Waals surface area contributed by atoms with E-state index in [1.807, 2.05) is 6.92 Å². The number of aryl methyl sites for hydroxylation is 1. The van der Waals surface area contributed by atoms with E-state index in [9.17, 15) is 0 Å². The van der Waals surface area contributed by atoms with Crippen molar-refractivity contribution >= 4 is 11.3 Å². The zero-order valence-corrected chi connectivity index (χ0v) is 9.84. The third-order valence-corrected chi connectivity index (χ3v) is 3.54. The Balaban J connectivity index is 2.42. The van der Waals surface area contributed by atoms with Crippen molar-refractivity contribution in [3.8, 4) is 10.4 Å². The molecule has 0 aliphatic carbocycles. The summed E-state index contributed by atoms with van der Waals surface area (Å²) in [5, 5.41) is 2.15. The predicted molar refractivity (Wildman–Crippen MR) is 67.1 cm³/mol. The van der Waals surface area contributed by atoms with E-state index in [1.165, 1.54) is 21.6 Å². The molecule has 1 aromatic carbocycles. The van der Waals surface area contributed by atoms with Crippen LogP contribution in [0.5, 0.6) is 0 Å². The maximum absolute atomic E-state index is 5.85. The fourth-order valence-corrected chi connectivity index (χ4v) is 2.69. The van der Waals surface area contributed by atoms with Crippen molar-refractivity contribution < 1.29 is 0 Å². The molecule has 0 fully saturated rings. The van der Waals surface area contributed by atoms with Gasteiger partial charge in [0.25, 0.3) is 0 Å². The monoisotopic (exact) mass is 217 g/mol. The lowest BCUT2D eigenvalue weighted by Gasteiger charge is -2.02. The van der Waals surface area contributed by atoms with E-state index in [-0.39, 0.29) is 6.04 Å². The topological polar surface area (TPSA) is 26.0 Å². The summed E-state index contributed by atoms with van der Waals surface area (Å²) in [5.41, 5.74) is 9.70. The Morgan fingerprint density at radius 1 is 1.27 bits per heavy atom. The maximum atomic E-state index is 5.85. The Morgan fingerprint density at radius 2 is 2.00 bits per heavy atom. The van der Waals surface area contributed by atoms with Crippen LogP contribution < -0.4 is 5.73 Å². The van der Waals surface area contributed by atoms with Gasteiger partial charge in [-0.1, -0.05) is 24.3 Å². The lowest BCUT2D eigenvalue weighted by atomic mass is 10.1. The summed E-state index contributed by atoms with van der Waals surface area (Å²) in [6, 6.07) is 10.8. The molecule has 1 unspecified atom stereocenters. The van der Waals surface area contributed by atoms with Crippen LogP contribution in [0, 0.1) is 6.92 Å². The number of rotatable bonds is 2. The number of nitrogens with two attached hydrogens (primary N) is 1. The molecule has 2 N–H and O–H groups in total. The van der Waals surface area contributed by atoms with Crippen LogP contribution in [0.3, 0.4) is 0 Å². The third-order valence-electron chi connectivity index (χ3n) is 2.56. The van der Waals surface area contributed by atoms with Crippen molar-refractivity contribution in [2.45, 2.75) is 19.9 Å². The van der Waals surface area contributed by atoms with E-state index in [1.54, 1.807) is 11.3 Å². The highest BCUT2D eigenvalue weighted by atomic mass is 32.1. The standard InChI is InChI=1S/C13H15NS/c1-9-5-3-4-6-12(9)13-7-11(8-15-13)10(2)14/h3-8,10H,14H2,1-2H3. The van der Waals surface area contributed by atoms with Gasteiger partial charge in [-0.25, -0.2) is 0 Å². The van der Waals surface area contributed by atoms with Crippen LogP contribution in [0.15, 0.2) is 35.7 Å². The molecule has 2 heteroatoms. The van der Waals surface area contributed by atoms with Crippen LogP contribution in [0.25, 0.3) is 10.4 Å². The molecule has 1 aromatic heterocycles. The van der Waals surface area contributed by atoms with Crippen molar-refractivity contribution in [1.82, 2.24) is 0 Å². The van der Waals surface area contributed by atoms with Gasteiger partial charge in [-0.2, -0.15) is 0 Å². The average molecular weight is 217 g/mol. The molecule has 0 aliphatic heterocycles. The summed E-state index contributed by atoms with van der Waals surface area (Å²) in [6.45, 7) is 4.16. The zero-order valence-electron chi connectivity index (χ0n) is 9.03. The quantitative estimate of drug-likeness (QED) is 0.814. The first-order chi connectivity index (χ1) is 7.18. The minimum Gasteiger partial charge on any atom is -0.324 e. The number of benzene rings is 1. The van der Waals surface area contributed by atoms with Gasteiger partial charge in [0.05, 0.1) is 0 Å². The summed E-state index contributed by atoms with van der Waals surface area (Å²) in [5.74, 6) is 0. The Morgan fingerprint density at radius 3 is 2.60 bits per heavy atom. The van der Waals surface area contributed by atoms with Crippen LogP contribution in [-0.4, -0.2) is 0 Å². The van der Waals surface area contributed by atoms with Crippen molar-refractivity contribution in [1.29, 1.82) is 0 Å². The normalized spacial score (nSPS) is 12.7. The molecule has 1 atom stereocenters. The molecular weight excluding hydrogens is 202 g/mol. The van der Waals surface area contributed by atoms with Crippen LogP contribution >= 0.6 is 11.3 Å². The van der Waals surface area contributed by atoms with Gasteiger partial charge in [0.15, 0.2) is 0 Å². The second-order valence-electron chi connectivity index (χ2n) is 3.85. The molecule has 2 rings (SSSR count). The first-order valence-electron chi connectivity index (χ1n) is 5.08. The molecule has 1 nitrogen and oxygen atoms in total. The Hall–Kier alpha value is -1.12. The molecule has 78 valence electrons.